The average Bonchev–Trinajstić information content (AvgIpc) is 1.73. The van der Waals surface area contributed by atoms with Crippen molar-refractivity contribution in [1.29, 1.82) is 0 Å². The van der Waals surface area contributed by atoms with Crippen molar-refractivity contribution < 1.29 is 78.7 Å². The highest BCUT2D eigenvalue weighted by Crippen LogP contribution is 2.59. The zero-order valence-corrected chi connectivity index (χ0v) is 69.1. The van der Waals surface area contributed by atoms with Gasteiger partial charge in [-0.05, 0) is 52.9 Å². The number of hydrogen-bond acceptors (Lipinski definition) is 16. The van der Waals surface area contributed by atoms with Crippen molar-refractivity contribution in [2.24, 2.45) is 14.3 Å². The third-order valence-corrected chi connectivity index (χ3v) is 25.7. The fourth-order valence-corrected chi connectivity index (χ4v) is 19.8. The number of guanidine groups is 3. The van der Waals surface area contributed by atoms with Crippen LogP contribution in [0.15, 0.2) is 14.3 Å². The van der Waals surface area contributed by atoms with Crippen molar-refractivity contribution >= 4 is 48.9 Å². The lowest BCUT2D eigenvalue weighted by Gasteiger charge is -2.30. The quantitative estimate of drug-likeness (QED) is 0.0423. The van der Waals surface area contributed by atoms with Crippen LogP contribution in [0, 0.1) is 0 Å². The van der Waals surface area contributed by atoms with Gasteiger partial charge in [0.2, 0.25) is 17.9 Å². The summed E-state index contributed by atoms with van der Waals surface area (Å²) in [6.45, 7) is 18.0. The SMILES string of the molecule is CCCCCCCCCCCCN1CCN(C)C1=NP(=O)(OCC1OCC[C@H]1OP(=O)(N=C1N(C)CCN1CCCCCCCCCCCC)OCC1OCC[C@H]1OP(=O)(N=C1N(C)CCN1CCCCCCCCCCCC)OC(C)(C)C)O[C@@H]1CCOC1COP(=O)(O)OCCCCCCO. The van der Waals surface area contributed by atoms with E-state index in [0.29, 0.717) is 89.4 Å². The summed E-state index contributed by atoms with van der Waals surface area (Å²) >= 11 is 0. The number of phosphoric ester groups is 1. The highest BCUT2D eigenvalue weighted by Gasteiger charge is 2.47. The summed E-state index contributed by atoms with van der Waals surface area (Å²) < 4.78 is 143. The second kappa shape index (κ2) is 49.5. The number of nitrogens with zero attached hydrogens (tertiary/aromatic N) is 9. The molecule has 6 rings (SSSR count). The molecule has 6 heterocycles. The van der Waals surface area contributed by atoms with Gasteiger partial charge in [0.1, 0.15) is 18.3 Å². The van der Waals surface area contributed by atoms with E-state index in [1.807, 2.05) is 56.6 Å². The zero-order valence-electron chi connectivity index (χ0n) is 65.5. The van der Waals surface area contributed by atoms with Gasteiger partial charge in [-0.3, -0.25) is 36.2 Å². The summed E-state index contributed by atoms with van der Waals surface area (Å²) in [6, 6.07) is 0. The van der Waals surface area contributed by atoms with E-state index in [4.69, 9.17) is 69.8 Å². The number of rotatable bonds is 59. The molecule has 0 aromatic rings. The summed E-state index contributed by atoms with van der Waals surface area (Å²) in [5.41, 5.74) is -0.903. The first-order valence-corrected chi connectivity index (χ1v) is 46.7. The van der Waals surface area contributed by atoms with Gasteiger partial charge in [-0.1, -0.05) is 207 Å². The second-order valence-corrected chi connectivity index (χ2v) is 36.6. The Bertz CT molecular complexity index is 2620. The molecular weight excluding hydrogens is 1400 g/mol. The van der Waals surface area contributed by atoms with Gasteiger partial charge >= 0.3 is 31.1 Å². The summed E-state index contributed by atoms with van der Waals surface area (Å²) in [5, 5.41) is 9.15. The van der Waals surface area contributed by atoms with Gasteiger partial charge in [0, 0.05) is 126 Å². The van der Waals surface area contributed by atoms with Gasteiger partial charge in [0.15, 0.2) is 0 Å². The van der Waals surface area contributed by atoms with Crippen LogP contribution in [0.25, 0.3) is 0 Å². The smallest absolute Gasteiger partial charge is 0.396 e. The Morgan fingerprint density at radius 3 is 1.02 bits per heavy atom. The number of aliphatic hydroxyl groups excluding tert-OH is 1. The lowest BCUT2D eigenvalue weighted by molar-refractivity contribution is -0.0144. The topological polar surface area (TPSA) is 267 Å². The molecule has 0 aromatic carbocycles. The molecule has 0 amide bonds. The van der Waals surface area contributed by atoms with Crippen LogP contribution in [-0.4, -0.2) is 232 Å². The highest BCUT2D eigenvalue weighted by atomic mass is 31.2. The standard InChI is InChI=1S/C73H143N9O17P4/c1-10-13-16-19-22-25-28-31-34-39-47-80-53-50-77(7)70(80)74-100(84,94-62-68-66(46-60-90-68)98-102(86,99-73(4,5)6)76-72-79(9)52-55-82(72)49-41-36-33-30-27-24-21-18-15-12-3)96-64-44-58-89-67(64)61-93-101(85,75-71-78(8)51-54-81(71)48-40-35-32-29-26-23-20-17-14-11-2)97-65-45-59-91-69(65)63-95-103(87,88)92-57-43-38-37-42-56-83/h64-69,83H,10-63H2,1-9H3,(H,87,88)/t64-,65-,66-,67?,68?,69?,100?,101?,102?/m1/s1. The van der Waals surface area contributed by atoms with Crippen LogP contribution < -0.4 is 0 Å². The zero-order chi connectivity index (χ0) is 74.2. The van der Waals surface area contributed by atoms with E-state index in [0.717, 1.165) is 70.9 Å². The Morgan fingerprint density at radius 1 is 0.398 bits per heavy atom. The van der Waals surface area contributed by atoms with Crippen LogP contribution in [0.5, 0.6) is 0 Å². The molecule has 0 bridgehead atoms. The molecule has 0 saturated carbocycles. The molecule has 6 aliphatic heterocycles. The summed E-state index contributed by atoms with van der Waals surface area (Å²) in [6.07, 6.45) is 34.1. The average molecular weight is 1540 g/mol. The number of phosphoric acid groups is 1. The molecule has 602 valence electrons. The van der Waals surface area contributed by atoms with Crippen LogP contribution in [0.4, 0.5) is 0 Å². The van der Waals surface area contributed by atoms with Crippen molar-refractivity contribution in [3.63, 3.8) is 0 Å². The van der Waals surface area contributed by atoms with Crippen molar-refractivity contribution in [3.05, 3.63) is 0 Å². The molecule has 30 heteroatoms. The van der Waals surface area contributed by atoms with Gasteiger partial charge in [0.25, 0.3) is 0 Å². The number of unbranched alkanes of at least 4 members (excludes halogenated alkanes) is 30. The highest BCUT2D eigenvalue weighted by molar-refractivity contribution is 7.53. The monoisotopic (exact) mass is 1540 g/mol. The molecule has 10 atom stereocenters. The van der Waals surface area contributed by atoms with E-state index in [-0.39, 0.29) is 59.1 Å². The fraction of sp³-hybridized carbons (Fsp3) is 0.959. The molecule has 103 heavy (non-hydrogen) atoms. The molecule has 6 aliphatic rings. The van der Waals surface area contributed by atoms with Crippen molar-refractivity contribution in [1.82, 2.24) is 29.4 Å². The molecule has 6 saturated heterocycles. The first-order chi connectivity index (χ1) is 49.6. The summed E-state index contributed by atoms with van der Waals surface area (Å²) in [5.74, 6) is 1.49. The van der Waals surface area contributed by atoms with Crippen molar-refractivity contribution in [2.75, 3.05) is 133 Å². The Morgan fingerprint density at radius 2 is 0.689 bits per heavy atom. The molecular formula is C73H143N9O17P4. The minimum absolute atomic E-state index is 0.0118. The molecule has 0 spiro atoms. The molecule has 7 unspecified atom stereocenters. The maximum atomic E-state index is 16.0. The Labute approximate surface area is 622 Å². The number of likely N-dealkylation sites (N-methyl/N-ethyl adjacent to an activating group) is 3. The molecule has 0 radical (unpaired) electrons. The van der Waals surface area contributed by atoms with Crippen LogP contribution in [0.1, 0.15) is 279 Å². The van der Waals surface area contributed by atoms with Gasteiger partial charge in [-0.25, -0.2) is 18.3 Å². The van der Waals surface area contributed by atoms with Crippen LogP contribution >= 0.6 is 31.1 Å². The largest absolute Gasteiger partial charge is 0.472 e. The van der Waals surface area contributed by atoms with Gasteiger partial charge in [-0.15, -0.1) is 14.3 Å². The minimum Gasteiger partial charge on any atom is -0.396 e. The van der Waals surface area contributed by atoms with Crippen LogP contribution in [0.2, 0.25) is 0 Å². The normalized spacial score (nSPS) is 24.9. The van der Waals surface area contributed by atoms with Crippen LogP contribution in [-0.2, 0) is 68.7 Å². The van der Waals surface area contributed by atoms with Crippen molar-refractivity contribution in [3.8, 4) is 0 Å². The van der Waals surface area contributed by atoms with E-state index >= 15 is 13.7 Å². The first-order valence-electron chi connectivity index (χ1n) is 40.7. The van der Waals surface area contributed by atoms with E-state index < -0.39 is 79.9 Å². The predicted molar refractivity (Wildman–Crippen MR) is 411 cm³/mol. The Kier molecular flexibility index (Phi) is 43.3. The number of aliphatic hydroxyl groups is 1. The predicted octanol–water partition coefficient (Wildman–Crippen LogP) is 16.9. The molecule has 0 aliphatic carbocycles. The van der Waals surface area contributed by atoms with E-state index in [1.165, 1.54) is 141 Å². The maximum Gasteiger partial charge on any atom is 0.472 e. The third-order valence-electron chi connectivity index (χ3n) is 20.1. The molecule has 2 N–H and O–H groups in total. The molecule has 26 nitrogen and oxygen atoms in total. The van der Waals surface area contributed by atoms with E-state index in [9.17, 15) is 9.46 Å². The van der Waals surface area contributed by atoms with Gasteiger partial charge < -0.3 is 53.6 Å². The number of hydrogen-bond donors (Lipinski definition) is 2. The Balaban J connectivity index is 1.21. The van der Waals surface area contributed by atoms with Gasteiger partial charge in [-0.2, -0.15) is 0 Å². The minimum atomic E-state index is -4.57. The lowest BCUT2D eigenvalue weighted by Crippen LogP contribution is -2.34. The lowest BCUT2D eigenvalue weighted by atomic mass is 10.1. The van der Waals surface area contributed by atoms with E-state index in [1.54, 1.807) is 0 Å². The Hall–Kier alpha value is -1.79. The summed E-state index contributed by atoms with van der Waals surface area (Å²) in [4.78, 5) is 23.0. The maximum absolute atomic E-state index is 16.0. The third kappa shape index (κ3) is 35.0. The van der Waals surface area contributed by atoms with Crippen LogP contribution in [0.3, 0.4) is 0 Å². The second-order valence-electron chi connectivity index (χ2n) is 30.4. The molecule has 0 aromatic heterocycles. The van der Waals surface area contributed by atoms with E-state index in [2.05, 4.69) is 35.5 Å². The first kappa shape index (κ1) is 90.1. The fourth-order valence-electron chi connectivity index (χ4n) is 14.0. The number of ether oxygens (including phenoxy) is 3. The van der Waals surface area contributed by atoms with Crippen molar-refractivity contribution in [2.45, 2.75) is 321 Å². The molecule has 6 fully saturated rings. The van der Waals surface area contributed by atoms with Gasteiger partial charge in [0.05, 0.1) is 50.3 Å². The summed E-state index contributed by atoms with van der Waals surface area (Å²) in [7, 11) is -12.1.